The molecule has 0 aliphatic heterocycles. The quantitative estimate of drug-likeness (QED) is 0.785. The fraction of sp³-hybridized carbons (Fsp3) is 0.118. The Morgan fingerprint density at radius 1 is 1.17 bits per heavy atom. The van der Waals surface area contributed by atoms with Crippen molar-refractivity contribution < 1.29 is 17.5 Å². The predicted octanol–water partition coefficient (Wildman–Crippen LogP) is 3.49. The number of hydrogen-bond acceptors (Lipinski definition) is 4. The van der Waals surface area contributed by atoms with Crippen molar-refractivity contribution in [3.8, 4) is 5.75 Å². The standard InChI is InChI=1S/C17H15FN2O3S/c1-11-8-12-4-3-5-16(17(12)19-10-11)24(21,22)20-14-7-6-13(18)9-15(14)23-2/h3-10,20H,1-2H3. The van der Waals surface area contributed by atoms with Crippen molar-refractivity contribution in [1.82, 2.24) is 4.98 Å². The number of benzene rings is 2. The van der Waals surface area contributed by atoms with Crippen LogP contribution in [0.5, 0.6) is 5.75 Å². The lowest BCUT2D eigenvalue weighted by atomic mass is 10.2. The Morgan fingerprint density at radius 3 is 2.71 bits per heavy atom. The zero-order valence-electron chi connectivity index (χ0n) is 13.1. The Morgan fingerprint density at radius 2 is 1.96 bits per heavy atom. The van der Waals surface area contributed by atoms with Crippen molar-refractivity contribution in [2.75, 3.05) is 11.8 Å². The summed E-state index contributed by atoms with van der Waals surface area (Å²) in [7, 11) is -2.57. The largest absolute Gasteiger partial charge is 0.494 e. The smallest absolute Gasteiger partial charge is 0.264 e. The maximum absolute atomic E-state index is 13.3. The second-order valence-corrected chi connectivity index (χ2v) is 6.94. The fourth-order valence-electron chi connectivity index (χ4n) is 2.41. The number of aryl methyl sites for hydroxylation is 1. The molecule has 124 valence electrons. The summed E-state index contributed by atoms with van der Waals surface area (Å²) < 4.78 is 46.2. The Bertz CT molecular complexity index is 1020. The highest BCUT2D eigenvalue weighted by Crippen LogP contribution is 2.29. The number of rotatable bonds is 4. The average molecular weight is 346 g/mol. The van der Waals surface area contributed by atoms with Crippen LogP contribution in [0.25, 0.3) is 10.9 Å². The minimum atomic E-state index is -3.91. The SMILES string of the molecule is COc1cc(F)ccc1NS(=O)(=O)c1cccc2cc(C)cnc12. The minimum absolute atomic E-state index is 0.0476. The van der Waals surface area contributed by atoms with Crippen LogP contribution in [-0.4, -0.2) is 20.5 Å². The van der Waals surface area contributed by atoms with E-state index in [-0.39, 0.29) is 16.3 Å². The molecule has 0 saturated heterocycles. The Kier molecular flexibility index (Phi) is 4.11. The topological polar surface area (TPSA) is 68.3 Å². The molecule has 0 bridgehead atoms. The third kappa shape index (κ3) is 3.03. The molecule has 3 aromatic rings. The summed E-state index contributed by atoms with van der Waals surface area (Å²) in [6.07, 6.45) is 1.61. The van der Waals surface area contributed by atoms with E-state index in [9.17, 15) is 12.8 Å². The number of nitrogens with one attached hydrogen (secondary N) is 1. The van der Waals surface area contributed by atoms with Gasteiger partial charge in [0.2, 0.25) is 0 Å². The van der Waals surface area contributed by atoms with E-state index in [1.54, 1.807) is 18.3 Å². The molecule has 0 atom stereocenters. The monoisotopic (exact) mass is 346 g/mol. The van der Waals surface area contributed by atoms with Crippen molar-refractivity contribution in [1.29, 1.82) is 0 Å². The normalized spacial score (nSPS) is 11.5. The van der Waals surface area contributed by atoms with E-state index in [0.717, 1.165) is 23.1 Å². The van der Waals surface area contributed by atoms with Gasteiger partial charge in [-0.1, -0.05) is 12.1 Å². The number of aromatic nitrogens is 1. The van der Waals surface area contributed by atoms with Crippen LogP contribution in [-0.2, 0) is 10.0 Å². The first-order valence-corrected chi connectivity index (χ1v) is 8.61. The summed E-state index contributed by atoms with van der Waals surface area (Å²) in [6.45, 7) is 1.88. The number of pyridine rings is 1. The summed E-state index contributed by atoms with van der Waals surface area (Å²) >= 11 is 0. The Balaban J connectivity index is 2.09. The number of ether oxygens (including phenoxy) is 1. The third-order valence-corrected chi connectivity index (χ3v) is 4.91. The number of hydrogen-bond donors (Lipinski definition) is 1. The molecular formula is C17H15FN2O3S. The van der Waals surface area contributed by atoms with Crippen LogP contribution in [0.4, 0.5) is 10.1 Å². The highest BCUT2D eigenvalue weighted by atomic mass is 32.2. The molecule has 0 amide bonds. The highest BCUT2D eigenvalue weighted by molar-refractivity contribution is 7.93. The van der Waals surface area contributed by atoms with E-state index in [0.29, 0.717) is 5.52 Å². The molecule has 0 spiro atoms. The predicted molar refractivity (Wildman–Crippen MR) is 90.2 cm³/mol. The zero-order valence-corrected chi connectivity index (χ0v) is 13.9. The van der Waals surface area contributed by atoms with Gasteiger partial charge in [-0.05, 0) is 36.8 Å². The molecule has 0 aliphatic carbocycles. The van der Waals surface area contributed by atoms with Crippen molar-refractivity contribution >= 4 is 26.6 Å². The summed E-state index contributed by atoms with van der Waals surface area (Å²) in [5.41, 5.74) is 1.46. The number of fused-ring (bicyclic) bond motifs is 1. The number of para-hydroxylation sites is 1. The number of halogens is 1. The molecule has 3 rings (SSSR count). The van der Waals surface area contributed by atoms with E-state index in [2.05, 4.69) is 9.71 Å². The molecule has 0 aliphatic rings. The van der Waals surface area contributed by atoms with Crippen LogP contribution in [0, 0.1) is 12.7 Å². The molecule has 24 heavy (non-hydrogen) atoms. The van der Waals surface area contributed by atoms with Crippen molar-refractivity contribution in [2.24, 2.45) is 0 Å². The first-order chi connectivity index (χ1) is 11.4. The van der Waals surface area contributed by atoms with Gasteiger partial charge in [-0.3, -0.25) is 9.71 Å². The molecule has 0 saturated carbocycles. The highest BCUT2D eigenvalue weighted by Gasteiger charge is 2.20. The molecule has 2 aromatic carbocycles. The van der Waals surface area contributed by atoms with Crippen molar-refractivity contribution in [3.63, 3.8) is 0 Å². The van der Waals surface area contributed by atoms with Gasteiger partial charge in [0.25, 0.3) is 10.0 Å². The molecule has 1 N–H and O–H groups in total. The first kappa shape index (κ1) is 16.2. The molecular weight excluding hydrogens is 331 g/mol. The van der Waals surface area contributed by atoms with Gasteiger partial charge in [-0.25, -0.2) is 12.8 Å². The van der Waals surface area contributed by atoms with Gasteiger partial charge in [0.1, 0.15) is 16.5 Å². The van der Waals surface area contributed by atoms with Gasteiger partial charge < -0.3 is 4.74 Å². The van der Waals surface area contributed by atoms with Gasteiger partial charge in [0, 0.05) is 17.6 Å². The molecule has 0 radical (unpaired) electrons. The Labute approximate surface area is 139 Å². The summed E-state index contributed by atoms with van der Waals surface area (Å²) in [5.74, 6) is -0.417. The zero-order chi connectivity index (χ0) is 17.3. The lowest BCUT2D eigenvalue weighted by Gasteiger charge is -2.13. The van der Waals surface area contributed by atoms with Gasteiger partial charge in [-0.15, -0.1) is 0 Å². The van der Waals surface area contributed by atoms with Gasteiger partial charge in [0.05, 0.1) is 18.3 Å². The van der Waals surface area contributed by atoms with Crippen LogP contribution in [0.2, 0.25) is 0 Å². The minimum Gasteiger partial charge on any atom is -0.494 e. The van der Waals surface area contributed by atoms with E-state index in [4.69, 9.17) is 4.74 Å². The van der Waals surface area contributed by atoms with Crippen LogP contribution in [0.15, 0.2) is 53.6 Å². The lowest BCUT2D eigenvalue weighted by molar-refractivity contribution is 0.413. The number of nitrogens with zero attached hydrogens (tertiary/aromatic N) is 1. The summed E-state index contributed by atoms with van der Waals surface area (Å²) in [5, 5.41) is 0.726. The van der Waals surface area contributed by atoms with Crippen LogP contribution >= 0.6 is 0 Å². The van der Waals surface area contributed by atoms with Gasteiger partial charge >= 0.3 is 0 Å². The maximum atomic E-state index is 13.3. The van der Waals surface area contributed by atoms with Crippen LogP contribution in [0.1, 0.15) is 5.56 Å². The van der Waals surface area contributed by atoms with E-state index in [1.165, 1.54) is 19.2 Å². The number of sulfonamides is 1. The molecule has 0 unspecified atom stereocenters. The second-order valence-electron chi connectivity index (χ2n) is 5.29. The van der Waals surface area contributed by atoms with Crippen LogP contribution < -0.4 is 9.46 Å². The lowest BCUT2D eigenvalue weighted by Crippen LogP contribution is -2.14. The average Bonchev–Trinajstić information content (AvgIpc) is 2.55. The van der Waals surface area contributed by atoms with Crippen LogP contribution in [0.3, 0.4) is 0 Å². The number of anilines is 1. The van der Waals surface area contributed by atoms with Gasteiger partial charge in [-0.2, -0.15) is 0 Å². The van der Waals surface area contributed by atoms with E-state index in [1.807, 2.05) is 13.0 Å². The van der Waals surface area contributed by atoms with Crippen molar-refractivity contribution in [2.45, 2.75) is 11.8 Å². The molecule has 1 aromatic heterocycles. The van der Waals surface area contributed by atoms with Crippen molar-refractivity contribution in [3.05, 3.63) is 60.0 Å². The van der Waals surface area contributed by atoms with E-state index < -0.39 is 15.8 Å². The molecule has 0 fully saturated rings. The summed E-state index contributed by atoms with van der Waals surface area (Å²) in [6, 6.07) is 10.4. The molecule has 1 heterocycles. The number of methoxy groups -OCH3 is 1. The molecule has 5 nitrogen and oxygen atoms in total. The molecule has 7 heteroatoms. The third-order valence-electron chi connectivity index (χ3n) is 3.51. The van der Waals surface area contributed by atoms with E-state index >= 15 is 0 Å². The maximum Gasteiger partial charge on any atom is 0.264 e. The Hall–Kier alpha value is -2.67. The fourth-order valence-corrected chi connectivity index (χ4v) is 3.66. The summed E-state index contributed by atoms with van der Waals surface area (Å²) in [4.78, 5) is 4.28. The second kappa shape index (κ2) is 6.09. The first-order valence-electron chi connectivity index (χ1n) is 7.12. The van der Waals surface area contributed by atoms with Gasteiger partial charge in [0.15, 0.2) is 0 Å².